The Morgan fingerprint density at radius 2 is 1.88 bits per heavy atom. The zero-order chi connectivity index (χ0) is 18.5. The summed E-state index contributed by atoms with van der Waals surface area (Å²) in [4.78, 5) is 12.7. The van der Waals surface area contributed by atoms with Crippen LogP contribution in [0, 0.1) is 17.3 Å². The first-order valence-electron chi connectivity index (χ1n) is 10.3. The third-order valence-electron chi connectivity index (χ3n) is 8.43. The molecule has 1 amide bonds. The van der Waals surface area contributed by atoms with E-state index in [9.17, 15) is 4.79 Å². The number of fused-ring (bicyclic) bond motifs is 6. The van der Waals surface area contributed by atoms with Gasteiger partial charge in [0, 0.05) is 5.41 Å². The summed E-state index contributed by atoms with van der Waals surface area (Å²) in [5, 5.41) is 0. The van der Waals surface area contributed by atoms with Crippen LogP contribution in [0.5, 0.6) is 0 Å². The minimum absolute atomic E-state index is 0.0431. The van der Waals surface area contributed by atoms with Gasteiger partial charge in [-0.3, -0.25) is 10.5 Å². The van der Waals surface area contributed by atoms with E-state index in [4.69, 9.17) is 5.73 Å². The van der Waals surface area contributed by atoms with E-state index in [1.54, 1.807) is 0 Å². The van der Waals surface area contributed by atoms with E-state index in [1.165, 1.54) is 40.7 Å². The highest BCUT2D eigenvalue weighted by Crippen LogP contribution is 2.77. The van der Waals surface area contributed by atoms with Gasteiger partial charge in [0.25, 0.3) is 0 Å². The van der Waals surface area contributed by atoms with Crippen LogP contribution >= 0.6 is 0 Å². The van der Waals surface area contributed by atoms with Gasteiger partial charge in [-0.1, -0.05) is 44.6 Å². The Morgan fingerprint density at radius 1 is 1.15 bits per heavy atom. The molecule has 0 spiro atoms. The molecule has 0 heterocycles. The molecule has 0 aromatic heterocycles. The minimum Gasteiger partial charge on any atom is -0.273 e. The van der Waals surface area contributed by atoms with Gasteiger partial charge in [0.1, 0.15) is 0 Å². The molecule has 137 valence electrons. The molecule has 0 aliphatic heterocycles. The summed E-state index contributed by atoms with van der Waals surface area (Å²) in [6, 6.07) is 4.82. The van der Waals surface area contributed by atoms with Crippen LogP contribution < -0.4 is 5.73 Å². The van der Waals surface area contributed by atoms with Gasteiger partial charge in [0.05, 0.1) is 5.41 Å². The van der Waals surface area contributed by atoms with Crippen molar-refractivity contribution in [2.45, 2.75) is 77.0 Å². The first kappa shape index (κ1) is 16.6. The van der Waals surface area contributed by atoms with Crippen molar-refractivity contribution in [1.82, 2.24) is 5.73 Å². The highest BCUT2D eigenvalue weighted by atomic mass is 16.1. The molecule has 0 saturated heterocycles. The Kier molecular flexibility index (Phi) is 3.08. The van der Waals surface area contributed by atoms with Gasteiger partial charge in [0.15, 0.2) is 0 Å². The SMILES string of the molecule is CC1=Cc2cc(C(C)(C)C)cc(C34CCC3(C([NH])=O)C3CCC4C3)c2C1. The topological polar surface area (TPSA) is 40.9 Å². The first-order valence-corrected chi connectivity index (χ1v) is 10.3. The zero-order valence-electron chi connectivity index (χ0n) is 16.5. The Balaban J connectivity index is 1.77. The maximum atomic E-state index is 12.7. The number of carbonyl (C=O) groups excluding carboxylic acids is 1. The fourth-order valence-electron chi connectivity index (χ4n) is 7.22. The van der Waals surface area contributed by atoms with Crippen LogP contribution in [0.1, 0.15) is 82.1 Å². The molecule has 3 fully saturated rings. The molecule has 26 heavy (non-hydrogen) atoms. The van der Waals surface area contributed by atoms with Crippen LogP contribution in [0.2, 0.25) is 0 Å². The summed E-state index contributed by atoms with van der Waals surface area (Å²) in [6.07, 6.45) is 9.01. The van der Waals surface area contributed by atoms with Gasteiger partial charge < -0.3 is 0 Å². The third-order valence-corrected chi connectivity index (χ3v) is 8.43. The van der Waals surface area contributed by atoms with Crippen molar-refractivity contribution >= 4 is 12.0 Å². The molecule has 4 unspecified atom stereocenters. The molecule has 4 aliphatic carbocycles. The maximum Gasteiger partial charge on any atom is 0.245 e. The molecule has 3 saturated carbocycles. The number of nitrogens with one attached hydrogen (secondary N) is 1. The molecular formula is C24H30NO. The molecule has 4 aliphatic rings. The van der Waals surface area contributed by atoms with Crippen LogP contribution in [0.3, 0.4) is 0 Å². The number of carbonyl (C=O) groups is 1. The predicted octanol–water partition coefficient (Wildman–Crippen LogP) is 5.20. The number of allylic oxidation sites excluding steroid dienone is 1. The van der Waals surface area contributed by atoms with E-state index in [-0.39, 0.29) is 22.2 Å². The van der Waals surface area contributed by atoms with Crippen molar-refractivity contribution in [2.75, 3.05) is 0 Å². The van der Waals surface area contributed by atoms with Gasteiger partial charge in [-0.25, -0.2) is 0 Å². The van der Waals surface area contributed by atoms with E-state index >= 15 is 0 Å². The smallest absolute Gasteiger partial charge is 0.245 e. The molecular weight excluding hydrogens is 318 g/mol. The second-order valence-corrected chi connectivity index (χ2v) is 10.5. The fraction of sp³-hybridized carbons (Fsp3) is 0.625. The van der Waals surface area contributed by atoms with Crippen LogP contribution in [0.4, 0.5) is 0 Å². The van der Waals surface area contributed by atoms with Gasteiger partial charge in [-0.05, 0) is 85.0 Å². The summed E-state index contributed by atoms with van der Waals surface area (Å²) in [5.41, 5.74) is 15.0. The lowest BCUT2D eigenvalue weighted by Gasteiger charge is -2.61. The second kappa shape index (κ2) is 4.82. The Hall–Kier alpha value is -1.57. The number of amides is 1. The molecule has 2 bridgehead atoms. The highest BCUT2D eigenvalue weighted by molar-refractivity contribution is 5.86. The van der Waals surface area contributed by atoms with E-state index in [2.05, 4.69) is 45.9 Å². The summed E-state index contributed by atoms with van der Waals surface area (Å²) in [5.74, 6) is 0.792. The second-order valence-electron chi connectivity index (χ2n) is 10.5. The van der Waals surface area contributed by atoms with Crippen LogP contribution in [-0.4, -0.2) is 5.91 Å². The van der Waals surface area contributed by atoms with Gasteiger partial charge in [-0.15, -0.1) is 0 Å². The number of hydrogen-bond acceptors (Lipinski definition) is 1. The molecule has 1 aromatic carbocycles. The van der Waals surface area contributed by atoms with Crippen molar-refractivity contribution in [3.8, 4) is 0 Å². The molecule has 2 heteroatoms. The average Bonchev–Trinajstić information content (AvgIpc) is 3.15. The highest BCUT2D eigenvalue weighted by Gasteiger charge is 2.76. The summed E-state index contributed by atoms with van der Waals surface area (Å²) in [7, 11) is 0. The van der Waals surface area contributed by atoms with E-state index < -0.39 is 0 Å². The maximum absolute atomic E-state index is 12.7. The lowest BCUT2D eigenvalue weighted by Crippen LogP contribution is -2.63. The quantitative estimate of drug-likeness (QED) is 0.724. The van der Waals surface area contributed by atoms with Crippen molar-refractivity contribution in [1.29, 1.82) is 0 Å². The molecule has 4 atom stereocenters. The molecule has 1 aromatic rings. The largest absolute Gasteiger partial charge is 0.273 e. The van der Waals surface area contributed by atoms with Crippen molar-refractivity contribution in [3.05, 3.63) is 40.0 Å². The number of rotatable bonds is 2. The Bertz CT molecular complexity index is 858. The normalized spacial score (nSPS) is 37.2. The molecule has 1 radical (unpaired) electrons. The fourth-order valence-corrected chi connectivity index (χ4v) is 7.22. The summed E-state index contributed by atoms with van der Waals surface area (Å²) in [6.45, 7) is 9.08. The zero-order valence-corrected chi connectivity index (χ0v) is 16.5. The van der Waals surface area contributed by atoms with Crippen molar-refractivity contribution in [2.24, 2.45) is 17.3 Å². The number of hydrogen-bond donors (Lipinski definition) is 0. The van der Waals surface area contributed by atoms with E-state index in [1.807, 2.05) is 0 Å². The average molecular weight is 349 g/mol. The van der Waals surface area contributed by atoms with Gasteiger partial charge >= 0.3 is 0 Å². The Morgan fingerprint density at radius 3 is 2.50 bits per heavy atom. The van der Waals surface area contributed by atoms with Gasteiger partial charge in [-0.2, -0.15) is 0 Å². The predicted molar refractivity (Wildman–Crippen MR) is 105 cm³/mol. The monoisotopic (exact) mass is 348 g/mol. The van der Waals surface area contributed by atoms with Crippen LogP contribution in [0.15, 0.2) is 17.7 Å². The van der Waals surface area contributed by atoms with E-state index in [0.29, 0.717) is 11.8 Å². The third kappa shape index (κ3) is 1.72. The van der Waals surface area contributed by atoms with Crippen LogP contribution in [0.25, 0.3) is 6.08 Å². The van der Waals surface area contributed by atoms with E-state index in [0.717, 1.165) is 25.7 Å². The molecule has 2 nitrogen and oxygen atoms in total. The van der Waals surface area contributed by atoms with Crippen LogP contribution in [-0.2, 0) is 22.0 Å². The minimum atomic E-state index is -0.378. The lowest BCUT2D eigenvalue weighted by molar-refractivity contribution is -0.150. The molecule has 5 rings (SSSR count). The summed E-state index contributed by atoms with van der Waals surface area (Å²) >= 11 is 0. The van der Waals surface area contributed by atoms with Gasteiger partial charge in [0.2, 0.25) is 5.91 Å². The van der Waals surface area contributed by atoms with Crippen molar-refractivity contribution in [3.63, 3.8) is 0 Å². The first-order chi connectivity index (χ1) is 12.2. The van der Waals surface area contributed by atoms with Crippen molar-refractivity contribution < 1.29 is 4.79 Å². The Labute approximate surface area is 157 Å². The summed E-state index contributed by atoms with van der Waals surface area (Å²) < 4.78 is 0. The lowest BCUT2D eigenvalue weighted by atomic mass is 9.41. The standard InChI is InChI=1S/C24H30NO/c1-14-9-15-11-18(22(2,3)4)13-20(19(15)10-14)23-7-8-24(23,21(25)26)17-6-5-16(23)12-17/h9,11,13,16-17,25H,5-8,10,12H2,1-4H3. The number of benzene rings is 1. The molecule has 1 N–H and O–H groups in total.